The van der Waals surface area contributed by atoms with Crippen molar-refractivity contribution in [1.29, 1.82) is 0 Å². The number of amides is 1. The van der Waals surface area contributed by atoms with Gasteiger partial charge in [0.2, 0.25) is 0 Å². The van der Waals surface area contributed by atoms with E-state index < -0.39 is 5.91 Å². The Morgan fingerprint density at radius 2 is 1.76 bits per heavy atom. The van der Waals surface area contributed by atoms with E-state index in [2.05, 4.69) is 15.7 Å². The fourth-order valence-corrected chi connectivity index (χ4v) is 1.71. The highest BCUT2D eigenvalue weighted by Gasteiger charge is 2.08. The van der Waals surface area contributed by atoms with E-state index in [0.717, 1.165) is 6.21 Å². The number of nitrogens with zero attached hydrogens (tertiary/aromatic N) is 2. The second kappa shape index (κ2) is 6.85. The summed E-state index contributed by atoms with van der Waals surface area (Å²) in [5, 5.41) is 15.6. The van der Waals surface area contributed by atoms with Crippen molar-refractivity contribution >= 4 is 23.5 Å². The molecule has 0 fully saturated rings. The Hall–Kier alpha value is -3.15. The molecule has 21 heavy (non-hydrogen) atoms. The van der Waals surface area contributed by atoms with Gasteiger partial charge < -0.3 is 10.9 Å². The molecule has 0 aliphatic carbocycles. The number of nitrogens with one attached hydrogen (secondary N) is 1. The van der Waals surface area contributed by atoms with Crippen LogP contribution in [0.2, 0.25) is 0 Å². The predicted octanol–water partition coefficient (Wildman–Crippen LogP) is 1.86. The number of anilines is 1. The highest BCUT2D eigenvalue weighted by atomic mass is 16.4. The smallest absolute Gasteiger partial charge is 0.273 e. The lowest BCUT2D eigenvalue weighted by molar-refractivity contribution is 0.0956. The number of para-hydroxylation sites is 1. The summed E-state index contributed by atoms with van der Waals surface area (Å²) in [6, 6.07) is 15.7. The number of rotatable bonds is 4. The van der Waals surface area contributed by atoms with Crippen LogP contribution in [0.15, 0.2) is 64.9 Å². The molecule has 4 N–H and O–H groups in total. The number of hydrogen-bond acceptors (Lipinski definition) is 5. The predicted molar refractivity (Wildman–Crippen MR) is 81.6 cm³/mol. The highest BCUT2D eigenvalue weighted by molar-refractivity contribution is 6.38. The number of carbonyl (C=O) groups is 1. The van der Waals surface area contributed by atoms with E-state index in [1.165, 1.54) is 0 Å². The molecule has 0 unspecified atom stereocenters. The summed E-state index contributed by atoms with van der Waals surface area (Å²) in [5.41, 5.74) is 9.83. The maximum atomic E-state index is 12.0. The Bertz CT molecular complexity index is 681. The monoisotopic (exact) mass is 282 g/mol. The van der Waals surface area contributed by atoms with Crippen molar-refractivity contribution in [2.75, 3.05) is 5.73 Å². The number of hydrogen-bond donors (Lipinski definition) is 3. The van der Waals surface area contributed by atoms with Gasteiger partial charge in [0.25, 0.3) is 5.91 Å². The molecule has 0 bridgehead atoms. The standard InChI is InChI=1S/C15H14N4O2/c16-13-9-5-4-8-12(13)15(20)19-18-14(10-17-21)11-6-2-1-3-7-11/h1-10,21H,16H2,(H,19,20)/b17-10+,18-14+. The second-order valence-electron chi connectivity index (χ2n) is 4.14. The van der Waals surface area contributed by atoms with Gasteiger partial charge in [-0.25, -0.2) is 5.43 Å². The molecular weight excluding hydrogens is 268 g/mol. The zero-order chi connectivity index (χ0) is 15.1. The third-order valence-corrected chi connectivity index (χ3v) is 2.73. The van der Waals surface area contributed by atoms with Gasteiger partial charge in [0.15, 0.2) is 0 Å². The summed E-state index contributed by atoms with van der Waals surface area (Å²) >= 11 is 0. The minimum absolute atomic E-state index is 0.320. The Balaban J connectivity index is 2.21. The first-order chi connectivity index (χ1) is 10.2. The van der Waals surface area contributed by atoms with Gasteiger partial charge in [0, 0.05) is 11.3 Å². The first-order valence-corrected chi connectivity index (χ1v) is 6.17. The molecule has 0 spiro atoms. The molecule has 6 nitrogen and oxygen atoms in total. The molecule has 0 aliphatic heterocycles. The summed E-state index contributed by atoms with van der Waals surface area (Å²) in [4.78, 5) is 12.0. The zero-order valence-corrected chi connectivity index (χ0v) is 11.1. The van der Waals surface area contributed by atoms with E-state index >= 15 is 0 Å². The third kappa shape index (κ3) is 3.66. The Kier molecular flexibility index (Phi) is 4.66. The fourth-order valence-electron chi connectivity index (χ4n) is 1.71. The van der Waals surface area contributed by atoms with Crippen molar-refractivity contribution in [2.24, 2.45) is 10.3 Å². The van der Waals surface area contributed by atoms with Crippen LogP contribution in [0.1, 0.15) is 15.9 Å². The van der Waals surface area contributed by atoms with Crippen LogP contribution in [0.4, 0.5) is 5.69 Å². The van der Waals surface area contributed by atoms with Gasteiger partial charge >= 0.3 is 0 Å². The molecule has 0 aliphatic rings. The van der Waals surface area contributed by atoms with Gasteiger partial charge in [-0.15, -0.1) is 0 Å². The van der Waals surface area contributed by atoms with Gasteiger partial charge in [0.05, 0.1) is 11.8 Å². The molecule has 0 saturated heterocycles. The summed E-state index contributed by atoms with van der Waals surface area (Å²) in [6.45, 7) is 0. The van der Waals surface area contributed by atoms with Crippen molar-refractivity contribution in [1.82, 2.24) is 5.43 Å². The Morgan fingerprint density at radius 3 is 2.43 bits per heavy atom. The molecule has 2 aromatic carbocycles. The summed E-state index contributed by atoms with van der Waals surface area (Å²) < 4.78 is 0. The maximum Gasteiger partial charge on any atom is 0.273 e. The molecule has 1 amide bonds. The van der Waals surface area contributed by atoms with Crippen molar-refractivity contribution in [3.63, 3.8) is 0 Å². The Labute approximate surface area is 121 Å². The minimum atomic E-state index is -0.437. The molecule has 2 rings (SSSR count). The lowest BCUT2D eigenvalue weighted by Gasteiger charge is -2.05. The third-order valence-electron chi connectivity index (χ3n) is 2.73. The van der Waals surface area contributed by atoms with Gasteiger partial charge in [0.1, 0.15) is 5.71 Å². The van der Waals surface area contributed by atoms with Crippen molar-refractivity contribution < 1.29 is 10.0 Å². The molecule has 0 radical (unpaired) electrons. The summed E-state index contributed by atoms with van der Waals surface area (Å²) in [6.07, 6.45) is 1.14. The van der Waals surface area contributed by atoms with E-state index in [-0.39, 0.29) is 0 Å². The molecule has 0 heterocycles. The largest absolute Gasteiger partial charge is 0.411 e. The second-order valence-corrected chi connectivity index (χ2v) is 4.14. The zero-order valence-electron chi connectivity index (χ0n) is 11.1. The van der Waals surface area contributed by atoms with Gasteiger partial charge in [-0.05, 0) is 12.1 Å². The number of oxime groups is 1. The number of nitrogen functional groups attached to an aromatic ring is 1. The van der Waals surface area contributed by atoms with Crippen molar-refractivity contribution in [3.8, 4) is 0 Å². The lowest BCUT2D eigenvalue weighted by Crippen LogP contribution is -2.21. The SMILES string of the molecule is Nc1ccccc1C(=O)N/N=C(\C=N\O)c1ccccc1. The number of hydrazone groups is 1. The van der Waals surface area contributed by atoms with E-state index in [1.54, 1.807) is 36.4 Å². The Morgan fingerprint density at radius 1 is 1.10 bits per heavy atom. The van der Waals surface area contributed by atoms with Crippen LogP contribution >= 0.6 is 0 Å². The number of nitrogens with two attached hydrogens (primary N) is 1. The summed E-state index contributed by atoms with van der Waals surface area (Å²) in [7, 11) is 0. The fraction of sp³-hybridized carbons (Fsp3) is 0. The molecule has 0 atom stereocenters. The molecule has 6 heteroatoms. The number of carbonyl (C=O) groups excluding carboxylic acids is 1. The molecule has 2 aromatic rings. The number of benzene rings is 2. The van der Waals surface area contributed by atoms with Crippen LogP contribution in [-0.4, -0.2) is 23.0 Å². The van der Waals surface area contributed by atoms with Gasteiger partial charge in [-0.3, -0.25) is 4.79 Å². The van der Waals surface area contributed by atoms with Crippen molar-refractivity contribution in [2.45, 2.75) is 0 Å². The van der Waals surface area contributed by atoms with Crippen LogP contribution in [-0.2, 0) is 0 Å². The highest BCUT2D eigenvalue weighted by Crippen LogP contribution is 2.10. The minimum Gasteiger partial charge on any atom is -0.411 e. The topological polar surface area (TPSA) is 100 Å². The van der Waals surface area contributed by atoms with Crippen LogP contribution in [0.25, 0.3) is 0 Å². The van der Waals surface area contributed by atoms with Crippen LogP contribution in [0.3, 0.4) is 0 Å². The van der Waals surface area contributed by atoms with E-state index in [0.29, 0.717) is 22.5 Å². The average molecular weight is 282 g/mol. The first-order valence-electron chi connectivity index (χ1n) is 6.17. The average Bonchev–Trinajstić information content (AvgIpc) is 2.52. The van der Waals surface area contributed by atoms with Gasteiger partial charge in [-0.2, -0.15) is 5.10 Å². The molecule has 0 aromatic heterocycles. The normalized spacial score (nSPS) is 11.5. The summed E-state index contributed by atoms with van der Waals surface area (Å²) in [5.74, 6) is -0.437. The van der Waals surface area contributed by atoms with Crippen LogP contribution in [0, 0.1) is 0 Å². The van der Waals surface area contributed by atoms with Crippen LogP contribution in [0.5, 0.6) is 0 Å². The molecular formula is C15H14N4O2. The van der Waals surface area contributed by atoms with E-state index in [4.69, 9.17) is 10.9 Å². The van der Waals surface area contributed by atoms with Crippen LogP contribution < -0.4 is 11.2 Å². The molecule has 0 saturated carbocycles. The lowest BCUT2D eigenvalue weighted by atomic mass is 10.1. The van der Waals surface area contributed by atoms with E-state index in [1.807, 2.05) is 18.2 Å². The van der Waals surface area contributed by atoms with Gasteiger partial charge in [-0.1, -0.05) is 47.6 Å². The van der Waals surface area contributed by atoms with E-state index in [9.17, 15) is 4.79 Å². The quantitative estimate of drug-likeness (QED) is 0.345. The first kappa shape index (κ1) is 14.3. The molecule has 106 valence electrons. The maximum absolute atomic E-state index is 12.0. The van der Waals surface area contributed by atoms with Crippen molar-refractivity contribution in [3.05, 3.63) is 65.7 Å².